The van der Waals surface area contributed by atoms with Gasteiger partial charge in [-0.25, -0.2) is 9.78 Å². The third-order valence-corrected chi connectivity index (χ3v) is 4.17. The maximum absolute atomic E-state index is 12.0. The van der Waals surface area contributed by atoms with E-state index in [1.54, 1.807) is 7.11 Å². The first kappa shape index (κ1) is 12.1. The zero-order valence-corrected chi connectivity index (χ0v) is 11.8. The van der Waals surface area contributed by atoms with Gasteiger partial charge < -0.3 is 9.72 Å². The number of nitrogens with one attached hydrogen (secondary N) is 1. The Morgan fingerprint density at radius 2 is 2.05 bits per heavy atom. The molecule has 6 nitrogen and oxygen atoms in total. The van der Waals surface area contributed by atoms with E-state index in [0.29, 0.717) is 11.5 Å². The number of fused-ring (bicyclic) bond motifs is 3. The SMILES string of the molecule is COc1ccc(-c2nc3c4sccc4[nH]c(=O)n3n2)cc1. The summed E-state index contributed by atoms with van der Waals surface area (Å²) >= 11 is 1.53. The summed E-state index contributed by atoms with van der Waals surface area (Å²) in [6.07, 6.45) is 0. The van der Waals surface area contributed by atoms with E-state index in [-0.39, 0.29) is 5.69 Å². The lowest BCUT2D eigenvalue weighted by Crippen LogP contribution is -2.16. The second-order valence-electron chi connectivity index (χ2n) is 4.49. The summed E-state index contributed by atoms with van der Waals surface area (Å²) in [6, 6.07) is 9.28. The molecule has 1 aromatic carbocycles. The Bertz CT molecular complexity index is 997. The zero-order chi connectivity index (χ0) is 14.4. The van der Waals surface area contributed by atoms with Crippen molar-refractivity contribution in [2.75, 3.05) is 7.11 Å². The summed E-state index contributed by atoms with van der Waals surface area (Å²) < 4.78 is 7.35. The van der Waals surface area contributed by atoms with Crippen LogP contribution in [0.5, 0.6) is 5.75 Å². The standard InChI is InChI=1S/C14H10N4O2S/c1-20-9-4-2-8(3-5-9)12-16-13-11-10(6-7-21-11)15-14(19)18(13)17-12/h2-7H,1H3,(H,15,19). The molecule has 4 aromatic rings. The molecule has 0 aliphatic carbocycles. The van der Waals surface area contributed by atoms with E-state index in [1.807, 2.05) is 35.7 Å². The lowest BCUT2D eigenvalue weighted by Gasteiger charge is -1.99. The van der Waals surface area contributed by atoms with Crippen molar-refractivity contribution >= 4 is 27.2 Å². The van der Waals surface area contributed by atoms with Crippen molar-refractivity contribution in [1.82, 2.24) is 19.6 Å². The molecule has 0 saturated carbocycles. The van der Waals surface area contributed by atoms with Gasteiger partial charge in [0.15, 0.2) is 11.5 Å². The first-order chi connectivity index (χ1) is 10.3. The van der Waals surface area contributed by atoms with Gasteiger partial charge in [-0.1, -0.05) is 0 Å². The normalized spacial score (nSPS) is 11.3. The molecule has 7 heteroatoms. The van der Waals surface area contributed by atoms with E-state index < -0.39 is 0 Å². The van der Waals surface area contributed by atoms with Crippen molar-refractivity contribution in [3.63, 3.8) is 0 Å². The van der Waals surface area contributed by atoms with Gasteiger partial charge in [-0.2, -0.15) is 4.52 Å². The highest BCUT2D eigenvalue weighted by molar-refractivity contribution is 7.17. The number of rotatable bonds is 2. The van der Waals surface area contributed by atoms with Gasteiger partial charge >= 0.3 is 5.69 Å². The van der Waals surface area contributed by atoms with Crippen LogP contribution in [0.15, 0.2) is 40.5 Å². The average Bonchev–Trinajstić information content (AvgIpc) is 3.13. The number of hydrogen-bond acceptors (Lipinski definition) is 5. The van der Waals surface area contributed by atoms with Crippen molar-refractivity contribution in [2.24, 2.45) is 0 Å². The molecule has 0 atom stereocenters. The van der Waals surface area contributed by atoms with E-state index in [1.165, 1.54) is 15.9 Å². The van der Waals surface area contributed by atoms with Crippen LogP contribution in [0.3, 0.4) is 0 Å². The largest absolute Gasteiger partial charge is 0.497 e. The maximum Gasteiger partial charge on any atom is 0.348 e. The Labute approximate surface area is 122 Å². The number of benzene rings is 1. The highest BCUT2D eigenvalue weighted by atomic mass is 32.1. The summed E-state index contributed by atoms with van der Waals surface area (Å²) in [4.78, 5) is 19.3. The third-order valence-electron chi connectivity index (χ3n) is 3.26. The first-order valence-corrected chi connectivity index (χ1v) is 7.15. The van der Waals surface area contributed by atoms with Gasteiger partial charge in [0, 0.05) is 5.56 Å². The topological polar surface area (TPSA) is 72.3 Å². The molecule has 3 heterocycles. The summed E-state index contributed by atoms with van der Waals surface area (Å²) in [7, 11) is 1.62. The van der Waals surface area contributed by atoms with Crippen molar-refractivity contribution in [1.29, 1.82) is 0 Å². The Hall–Kier alpha value is -2.67. The van der Waals surface area contributed by atoms with Gasteiger partial charge in [0.1, 0.15) is 5.75 Å². The lowest BCUT2D eigenvalue weighted by atomic mass is 10.2. The average molecular weight is 298 g/mol. The fourth-order valence-electron chi connectivity index (χ4n) is 2.21. The fourth-order valence-corrected chi connectivity index (χ4v) is 3.04. The molecule has 0 saturated heterocycles. The molecular weight excluding hydrogens is 288 g/mol. The van der Waals surface area contributed by atoms with Crippen LogP contribution in [0.1, 0.15) is 0 Å². The molecule has 0 spiro atoms. The predicted octanol–water partition coefficient (Wildman–Crippen LogP) is 2.31. The molecule has 4 rings (SSSR count). The number of aromatic amines is 1. The number of aromatic nitrogens is 4. The van der Waals surface area contributed by atoms with Crippen molar-refractivity contribution in [2.45, 2.75) is 0 Å². The molecule has 0 fully saturated rings. The minimum Gasteiger partial charge on any atom is -0.497 e. The molecular formula is C14H10N4O2S. The zero-order valence-electron chi connectivity index (χ0n) is 11.0. The maximum atomic E-state index is 12.0. The van der Waals surface area contributed by atoms with Crippen molar-refractivity contribution < 1.29 is 4.74 Å². The Kier molecular flexibility index (Phi) is 2.55. The number of methoxy groups -OCH3 is 1. The minimum absolute atomic E-state index is 0.289. The van der Waals surface area contributed by atoms with Crippen LogP contribution < -0.4 is 10.4 Å². The Balaban J connectivity index is 1.97. The molecule has 21 heavy (non-hydrogen) atoms. The number of ether oxygens (including phenoxy) is 1. The highest BCUT2D eigenvalue weighted by Gasteiger charge is 2.13. The van der Waals surface area contributed by atoms with Crippen LogP contribution in [0.2, 0.25) is 0 Å². The van der Waals surface area contributed by atoms with E-state index in [2.05, 4.69) is 15.1 Å². The summed E-state index contributed by atoms with van der Waals surface area (Å²) in [5.74, 6) is 1.28. The number of H-pyrrole nitrogens is 1. The lowest BCUT2D eigenvalue weighted by molar-refractivity contribution is 0.415. The van der Waals surface area contributed by atoms with Crippen LogP contribution in [-0.2, 0) is 0 Å². The van der Waals surface area contributed by atoms with Crippen LogP contribution >= 0.6 is 11.3 Å². The van der Waals surface area contributed by atoms with Crippen molar-refractivity contribution in [3.8, 4) is 17.1 Å². The van der Waals surface area contributed by atoms with E-state index in [4.69, 9.17) is 4.74 Å². The number of thiophene rings is 1. The predicted molar refractivity (Wildman–Crippen MR) is 81.0 cm³/mol. The van der Waals surface area contributed by atoms with Crippen LogP contribution in [0, 0.1) is 0 Å². The number of nitrogens with zero attached hydrogens (tertiary/aromatic N) is 3. The molecule has 1 N–H and O–H groups in total. The second kappa shape index (κ2) is 4.42. The van der Waals surface area contributed by atoms with Gasteiger partial charge in [0.25, 0.3) is 0 Å². The van der Waals surface area contributed by atoms with Gasteiger partial charge in [0.05, 0.1) is 17.3 Å². The molecule has 0 aliphatic heterocycles. The molecule has 104 valence electrons. The van der Waals surface area contributed by atoms with Gasteiger partial charge in [-0.05, 0) is 35.7 Å². The Morgan fingerprint density at radius 1 is 1.24 bits per heavy atom. The molecule has 0 amide bonds. The minimum atomic E-state index is -0.289. The number of hydrogen-bond donors (Lipinski definition) is 1. The second-order valence-corrected chi connectivity index (χ2v) is 5.41. The summed E-state index contributed by atoms with van der Waals surface area (Å²) in [6.45, 7) is 0. The molecule has 0 radical (unpaired) electrons. The Morgan fingerprint density at radius 3 is 2.81 bits per heavy atom. The van der Waals surface area contributed by atoms with E-state index >= 15 is 0 Å². The van der Waals surface area contributed by atoms with E-state index in [0.717, 1.165) is 21.5 Å². The molecule has 0 aliphatic rings. The van der Waals surface area contributed by atoms with Gasteiger partial charge in [-0.15, -0.1) is 16.4 Å². The van der Waals surface area contributed by atoms with Crippen LogP contribution in [0.25, 0.3) is 27.3 Å². The fraction of sp³-hybridized carbons (Fsp3) is 0.0714. The highest BCUT2D eigenvalue weighted by Crippen LogP contribution is 2.24. The first-order valence-electron chi connectivity index (χ1n) is 6.27. The van der Waals surface area contributed by atoms with Gasteiger partial charge in [-0.3, -0.25) is 0 Å². The quantitative estimate of drug-likeness (QED) is 0.616. The molecule has 3 aromatic heterocycles. The monoisotopic (exact) mass is 298 g/mol. The summed E-state index contributed by atoms with van der Waals surface area (Å²) in [5, 5.41) is 6.21. The van der Waals surface area contributed by atoms with Crippen molar-refractivity contribution in [3.05, 3.63) is 46.2 Å². The molecule has 0 bridgehead atoms. The van der Waals surface area contributed by atoms with E-state index in [9.17, 15) is 4.79 Å². The third kappa shape index (κ3) is 1.82. The van der Waals surface area contributed by atoms with Crippen LogP contribution in [0.4, 0.5) is 0 Å². The van der Waals surface area contributed by atoms with Crippen LogP contribution in [-0.4, -0.2) is 26.7 Å². The molecule has 0 unspecified atom stereocenters. The smallest absolute Gasteiger partial charge is 0.348 e. The summed E-state index contributed by atoms with van der Waals surface area (Å²) in [5.41, 5.74) is 1.91. The van der Waals surface area contributed by atoms with Gasteiger partial charge in [0.2, 0.25) is 0 Å².